The minimum atomic E-state index is -0.834. The van der Waals surface area contributed by atoms with Gasteiger partial charge in [-0.2, -0.15) is 0 Å². The van der Waals surface area contributed by atoms with Crippen LogP contribution in [0.15, 0.2) is 12.2 Å². The molecule has 0 saturated heterocycles. The highest BCUT2D eigenvalue weighted by molar-refractivity contribution is 6.12. The number of imide groups is 1. The zero-order valence-corrected chi connectivity index (χ0v) is 15.9. The number of ether oxygens (including phenoxy) is 2. The first-order valence-electron chi connectivity index (χ1n) is 8.83. The summed E-state index contributed by atoms with van der Waals surface area (Å²) in [7, 11) is 0. The zero-order valence-electron chi connectivity index (χ0n) is 15.9. The number of unbranched alkanes of at least 4 members (excludes halogenated alkanes) is 1. The first kappa shape index (κ1) is 21.7. The highest BCUT2D eigenvalue weighted by atomic mass is 16.6. The summed E-state index contributed by atoms with van der Waals surface area (Å²) in [5.41, 5.74) is -0.675. The quantitative estimate of drug-likeness (QED) is 0.379. The number of esters is 1. The summed E-state index contributed by atoms with van der Waals surface area (Å²) in [5.74, 6) is -1.19. The fourth-order valence-electron chi connectivity index (χ4n) is 2.27. The maximum Gasteiger partial charge on any atom is 0.408 e. The molecular formula is C18H28N2O6. The van der Waals surface area contributed by atoms with Gasteiger partial charge in [0.05, 0.1) is 6.61 Å². The molecule has 1 heterocycles. The van der Waals surface area contributed by atoms with Crippen LogP contribution in [0.1, 0.15) is 53.4 Å². The van der Waals surface area contributed by atoms with Gasteiger partial charge in [0.2, 0.25) is 0 Å². The van der Waals surface area contributed by atoms with Gasteiger partial charge in [-0.05, 0) is 46.5 Å². The normalized spacial score (nSPS) is 15.2. The lowest BCUT2D eigenvalue weighted by Crippen LogP contribution is -2.44. The first-order valence-corrected chi connectivity index (χ1v) is 8.83. The average Bonchev–Trinajstić information content (AvgIpc) is 2.85. The van der Waals surface area contributed by atoms with E-state index in [0.717, 1.165) is 4.90 Å². The molecule has 3 amide bonds. The Morgan fingerprint density at radius 1 is 1.15 bits per heavy atom. The van der Waals surface area contributed by atoms with E-state index in [2.05, 4.69) is 5.32 Å². The Kier molecular flexibility index (Phi) is 8.28. The standard InChI is InChI=1S/C18H28N2O6/c1-5-12-25-16(23)13(19-17(24)26-18(2,3)4)8-6-7-11-20-14(21)9-10-15(20)22/h9-10,13H,5-8,11-12H2,1-4H3,(H,19,24)/t13-/m0/s1. The van der Waals surface area contributed by atoms with E-state index in [1.807, 2.05) is 6.92 Å². The minimum Gasteiger partial charge on any atom is -0.464 e. The molecule has 8 nitrogen and oxygen atoms in total. The molecule has 146 valence electrons. The van der Waals surface area contributed by atoms with Crippen molar-refractivity contribution >= 4 is 23.9 Å². The number of alkyl carbamates (subject to hydrolysis) is 1. The van der Waals surface area contributed by atoms with Gasteiger partial charge in [-0.25, -0.2) is 9.59 Å². The molecule has 0 unspecified atom stereocenters. The number of carbonyl (C=O) groups is 4. The van der Waals surface area contributed by atoms with Crippen LogP contribution >= 0.6 is 0 Å². The van der Waals surface area contributed by atoms with Crippen LogP contribution in [-0.2, 0) is 23.9 Å². The van der Waals surface area contributed by atoms with Crippen LogP contribution in [0.3, 0.4) is 0 Å². The van der Waals surface area contributed by atoms with Crippen molar-refractivity contribution in [1.82, 2.24) is 10.2 Å². The molecule has 1 aliphatic heterocycles. The van der Waals surface area contributed by atoms with Gasteiger partial charge in [0.15, 0.2) is 0 Å². The van der Waals surface area contributed by atoms with Crippen LogP contribution in [0.25, 0.3) is 0 Å². The topological polar surface area (TPSA) is 102 Å². The molecule has 8 heteroatoms. The number of amides is 3. The monoisotopic (exact) mass is 368 g/mol. The third kappa shape index (κ3) is 7.67. The molecule has 0 aliphatic carbocycles. The molecule has 0 saturated carbocycles. The van der Waals surface area contributed by atoms with Crippen LogP contribution < -0.4 is 5.32 Å². The zero-order chi connectivity index (χ0) is 19.7. The van der Waals surface area contributed by atoms with Gasteiger partial charge in [-0.1, -0.05) is 6.92 Å². The number of nitrogens with zero attached hydrogens (tertiary/aromatic N) is 1. The summed E-state index contributed by atoms with van der Waals surface area (Å²) in [4.78, 5) is 48.2. The van der Waals surface area contributed by atoms with Crippen molar-refractivity contribution in [3.63, 3.8) is 0 Å². The number of rotatable bonds is 9. The van der Waals surface area contributed by atoms with Crippen LogP contribution in [0.5, 0.6) is 0 Å². The Morgan fingerprint density at radius 3 is 2.31 bits per heavy atom. The molecule has 1 aliphatic rings. The van der Waals surface area contributed by atoms with Crippen LogP contribution in [0.2, 0.25) is 0 Å². The van der Waals surface area contributed by atoms with E-state index < -0.39 is 23.7 Å². The Morgan fingerprint density at radius 2 is 1.77 bits per heavy atom. The van der Waals surface area contributed by atoms with Gasteiger partial charge in [-0.15, -0.1) is 0 Å². The molecule has 0 aromatic rings. The van der Waals surface area contributed by atoms with E-state index in [1.54, 1.807) is 20.8 Å². The summed E-state index contributed by atoms with van der Waals surface area (Å²) in [6.07, 6.45) is 3.83. The molecule has 1 N–H and O–H groups in total. The largest absolute Gasteiger partial charge is 0.464 e. The maximum atomic E-state index is 12.1. The Hall–Kier alpha value is -2.38. The van der Waals surface area contributed by atoms with E-state index >= 15 is 0 Å². The molecule has 0 bridgehead atoms. The fourth-order valence-corrected chi connectivity index (χ4v) is 2.27. The number of hydrogen-bond donors (Lipinski definition) is 1. The molecule has 26 heavy (non-hydrogen) atoms. The fraction of sp³-hybridized carbons (Fsp3) is 0.667. The van der Waals surface area contributed by atoms with Crippen molar-refractivity contribution in [2.75, 3.05) is 13.2 Å². The van der Waals surface area contributed by atoms with E-state index in [4.69, 9.17) is 9.47 Å². The molecular weight excluding hydrogens is 340 g/mol. The SMILES string of the molecule is CCCOC(=O)[C@H](CCCCN1C(=O)C=CC1=O)NC(=O)OC(C)(C)C. The molecule has 0 aromatic heterocycles. The predicted octanol–water partition coefficient (Wildman–Crippen LogP) is 1.93. The van der Waals surface area contributed by atoms with Crippen molar-refractivity contribution in [3.8, 4) is 0 Å². The summed E-state index contributed by atoms with van der Waals surface area (Å²) in [6, 6.07) is -0.834. The minimum absolute atomic E-state index is 0.272. The molecule has 1 rings (SSSR count). The van der Waals surface area contributed by atoms with Gasteiger partial charge >= 0.3 is 12.1 Å². The van der Waals surface area contributed by atoms with Crippen molar-refractivity contribution in [2.24, 2.45) is 0 Å². The van der Waals surface area contributed by atoms with Gasteiger partial charge in [-0.3, -0.25) is 14.5 Å². The second-order valence-electron chi connectivity index (χ2n) is 7.02. The molecule has 0 radical (unpaired) electrons. The summed E-state index contributed by atoms with van der Waals surface area (Å²) < 4.78 is 10.3. The highest BCUT2D eigenvalue weighted by Crippen LogP contribution is 2.11. The van der Waals surface area contributed by atoms with Crippen LogP contribution in [-0.4, -0.2) is 53.6 Å². The van der Waals surface area contributed by atoms with Crippen LogP contribution in [0, 0.1) is 0 Å². The lowest BCUT2D eigenvalue weighted by molar-refractivity contribution is -0.146. The molecule has 1 atom stereocenters. The predicted molar refractivity (Wildman–Crippen MR) is 94.1 cm³/mol. The summed E-state index contributed by atoms with van der Waals surface area (Å²) in [6.45, 7) is 7.61. The van der Waals surface area contributed by atoms with Crippen molar-refractivity contribution in [1.29, 1.82) is 0 Å². The van der Waals surface area contributed by atoms with E-state index in [-0.39, 0.29) is 25.0 Å². The van der Waals surface area contributed by atoms with Crippen molar-refractivity contribution in [3.05, 3.63) is 12.2 Å². The Balaban J connectivity index is 2.50. The van der Waals surface area contributed by atoms with Gasteiger partial charge in [0.1, 0.15) is 11.6 Å². The first-order chi connectivity index (χ1) is 12.1. The second kappa shape index (κ2) is 9.94. The van der Waals surface area contributed by atoms with Crippen molar-refractivity contribution in [2.45, 2.75) is 65.0 Å². The molecule has 0 aromatic carbocycles. The smallest absolute Gasteiger partial charge is 0.408 e. The van der Waals surface area contributed by atoms with E-state index in [0.29, 0.717) is 25.7 Å². The number of nitrogens with one attached hydrogen (secondary N) is 1. The van der Waals surface area contributed by atoms with E-state index in [9.17, 15) is 19.2 Å². The Bertz CT molecular complexity index is 547. The lowest BCUT2D eigenvalue weighted by atomic mass is 10.1. The number of hydrogen-bond acceptors (Lipinski definition) is 6. The second-order valence-corrected chi connectivity index (χ2v) is 7.02. The molecule has 0 fully saturated rings. The molecule has 0 spiro atoms. The number of carbonyl (C=O) groups excluding carboxylic acids is 4. The van der Waals surface area contributed by atoms with Gasteiger partial charge in [0.25, 0.3) is 11.8 Å². The lowest BCUT2D eigenvalue weighted by Gasteiger charge is -2.23. The Labute approximate surface area is 153 Å². The van der Waals surface area contributed by atoms with Gasteiger partial charge < -0.3 is 14.8 Å². The average molecular weight is 368 g/mol. The van der Waals surface area contributed by atoms with E-state index in [1.165, 1.54) is 12.2 Å². The third-order valence-corrected chi connectivity index (χ3v) is 3.45. The van der Waals surface area contributed by atoms with Gasteiger partial charge in [0, 0.05) is 18.7 Å². The van der Waals surface area contributed by atoms with Crippen molar-refractivity contribution < 1.29 is 28.7 Å². The highest BCUT2D eigenvalue weighted by Gasteiger charge is 2.26. The maximum absolute atomic E-state index is 12.1. The van der Waals surface area contributed by atoms with Crippen LogP contribution in [0.4, 0.5) is 4.79 Å². The third-order valence-electron chi connectivity index (χ3n) is 3.45. The summed E-state index contributed by atoms with van der Waals surface area (Å²) in [5, 5.41) is 2.53. The summed E-state index contributed by atoms with van der Waals surface area (Å²) >= 11 is 0.